The molecule has 0 saturated carbocycles. The van der Waals surface area contributed by atoms with Gasteiger partial charge in [-0.3, -0.25) is 9.59 Å². The van der Waals surface area contributed by atoms with Gasteiger partial charge in [0, 0.05) is 6.42 Å². The van der Waals surface area contributed by atoms with Gasteiger partial charge >= 0.3 is 5.97 Å². The van der Waals surface area contributed by atoms with Gasteiger partial charge < -0.3 is 19.7 Å². The predicted molar refractivity (Wildman–Crippen MR) is 103 cm³/mol. The molecular formula is C21H32O6. The number of methoxy groups -OCH3 is 1. The summed E-state index contributed by atoms with van der Waals surface area (Å²) in [5, 5.41) is 20.4. The van der Waals surface area contributed by atoms with Crippen LogP contribution in [0.15, 0.2) is 35.6 Å². The fourth-order valence-electron chi connectivity index (χ4n) is 3.22. The topological polar surface area (TPSA) is 93.1 Å². The van der Waals surface area contributed by atoms with Crippen molar-refractivity contribution in [1.82, 2.24) is 0 Å². The van der Waals surface area contributed by atoms with Crippen LogP contribution < -0.4 is 0 Å². The quantitative estimate of drug-likeness (QED) is 0.578. The Morgan fingerprint density at radius 3 is 2.52 bits per heavy atom. The van der Waals surface area contributed by atoms with Crippen molar-refractivity contribution in [2.45, 2.75) is 58.7 Å². The van der Waals surface area contributed by atoms with Crippen LogP contribution in [0.3, 0.4) is 0 Å². The Balaban J connectivity index is 3.38. The van der Waals surface area contributed by atoms with Crippen molar-refractivity contribution in [1.29, 1.82) is 0 Å². The SMILES string of the molecule is C=C1/C=C(\C)[C@H](CC)OC(=O)[C@H](C)C(=O)C(O)(CO)CC(OC)=C[C@@H](C)C1. The molecule has 152 valence electrons. The molecule has 6 heteroatoms. The lowest BCUT2D eigenvalue weighted by Gasteiger charge is -2.29. The first-order chi connectivity index (χ1) is 12.6. The molecular weight excluding hydrogens is 348 g/mol. The summed E-state index contributed by atoms with van der Waals surface area (Å²) in [5.74, 6) is -2.33. The number of aliphatic hydroxyl groups is 2. The summed E-state index contributed by atoms with van der Waals surface area (Å²) in [5.41, 5.74) is -0.402. The molecule has 0 aromatic carbocycles. The van der Waals surface area contributed by atoms with Gasteiger partial charge in [0.2, 0.25) is 0 Å². The molecule has 27 heavy (non-hydrogen) atoms. The number of ketones is 1. The number of Topliss-reactive ketones (excluding diaryl/α,β-unsaturated/α-hetero) is 1. The van der Waals surface area contributed by atoms with Crippen molar-refractivity contribution in [2.75, 3.05) is 13.7 Å². The molecule has 1 aliphatic rings. The first-order valence-corrected chi connectivity index (χ1v) is 9.26. The van der Waals surface area contributed by atoms with Gasteiger partial charge in [-0.05, 0) is 44.3 Å². The third-order valence-corrected chi connectivity index (χ3v) is 4.82. The minimum absolute atomic E-state index is 0.0394. The zero-order valence-corrected chi connectivity index (χ0v) is 16.9. The van der Waals surface area contributed by atoms with Crippen LogP contribution in [0.1, 0.15) is 47.0 Å². The Kier molecular flexibility index (Phi) is 8.44. The number of allylic oxidation sites excluding steroid dienone is 3. The van der Waals surface area contributed by atoms with Crippen LogP contribution in [0.25, 0.3) is 0 Å². The normalized spacial score (nSPS) is 33.4. The molecule has 1 rings (SSSR count). The van der Waals surface area contributed by atoms with Crippen LogP contribution in [-0.2, 0) is 19.1 Å². The van der Waals surface area contributed by atoms with Crippen molar-refractivity contribution in [2.24, 2.45) is 11.8 Å². The van der Waals surface area contributed by atoms with Gasteiger partial charge in [-0.2, -0.15) is 0 Å². The van der Waals surface area contributed by atoms with E-state index in [-0.39, 0.29) is 12.3 Å². The Morgan fingerprint density at radius 2 is 2.00 bits per heavy atom. The van der Waals surface area contributed by atoms with Gasteiger partial charge in [-0.25, -0.2) is 0 Å². The maximum Gasteiger partial charge on any atom is 0.316 e. The molecule has 0 bridgehead atoms. The molecule has 1 unspecified atom stereocenters. The second-order valence-corrected chi connectivity index (χ2v) is 7.35. The Hall–Kier alpha value is -1.92. The van der Waals surface area contributed by atoms with E-state index < -0.39 is 36.0 Å². The fourth-order valence-corrected chi connectivity index (χ4v) is 3.22. The van der Waals surface area contributed by atoms with Crippen molar-refractivity contribution in [3.05, 3.63) is 35.6 Å². The Labute approximate surface area is 161 Å². The van der Waals surface area contributed by atoms with E-state index in [0.717, 1.165) is 11.1 Å². The number of carbonyl (C=O) groups is 2. The summed E-state index contributed by atoms with van der Waals surface area (Å²) in [6.45, 7) is 10.3. The van der Waals surface area contributed by atoms with Gasteiger partial charge in [0.05, 0.1) is 19.5 Å². The smallest absolute Gasteiger partial charge is 0.316 e. The third-order valence-electron chi connectivity index (χ3n) is 4.82. The maximum atomic E-state index is 12.7. The molecule has 0 aromatic heterocycles. The number of hydrogen-bond donors (Lipinski definition) is 2. The minimum Gasteiger partial charge on any atom is -0.501 e. The molecule has 0 saturated heterocycles. The summed E-state index contributed by atoms with van der Waals surface area (Å²) in [4.78, 5) is 25.2. The van der Waals surface area contributed by atoms with Crippen LogP contribution in [0.5, 0.6) is 0 Å². The summed E-state index contributed by atoms with van der Waals surface area (Å²) < 4.78 is 10.8. The Morgan fingerprint density at radius 1 is 1.37 bits per heavy atom. The molecule has 0 amide bonds. The Bertz CT molecular complexity index is 633. The average Bonchev–Trinajstić information content (AvgIpc) is 2.62. The first kappa shape index (κ1) is 23.1. The molecule has 0 spiro atoms. The highest BCUT2D eigenvalue weighted by atomic mass is 16.5. The standard InChI is InChI=1S/C21H32O6/c1-7-18-15(4)9-13(2)8-14(3)10-17(26-6)11-21(25,12-22)19(23)16(5)20(24)27-18/h9-10,14,16,18,22,25H,2,7-8,11-12H2,1,3-6H3/b15-9+,17-10?/t14-,16+,18-,21?/m0/s1. The van der Waals surface area contributed by atoms with E-state index in [1.807, 2.05) is 26.8 Å². The van der Waals surface area contributed by atoms with Crippen LogP contribution in [0.4, 0.5) is 0 Å². The van der Waals surface area contributed by atoms with E-state index >= 15 is 0 Å². The number of aliphatic hydroxyl groups excluding tert-OH is 1. The van der Waals surface area contributed by atoms with E-state index in [9.17, 15) is 19.8 Å². The lowest BCUT2D eigenvalue weighted by Crippen LogP contribution is -2.48. The predicted octanol–water partition coefficient (Wildman–Crippen LogP) is 2.70. The largest absolute Gasteiger partial charge is 0.501 e. The molecule has 0 aromatic rings. The third kappa shape index (κ3) is 6.04. The van der Waals surface area contributed by atoms with Crippen LogP contribution >= 0.6 is 0 Å². The summed E-state index contributed by atoms with van der Waals surface area (Å²) in [6, 6.07) is 0. The van der Waals surface area contributed by atoms with Gasteiger partial charge in [0.1, 0.15) is 12.0 Å². The van der Waals surface area contributed by atoms with E-state index in [1.54, 1.807) is 6.08 Å². The number of cyclic esters (lactones) is 1. The van der Waals surface area contributed by atoms with Crippen molar-refractivity contribution < 1.29 is 29.3 Å². The zero-order valence-electron chi connectivity index (χ0n) is 16.9. The van der Waals surface area contributed by atoms with Crippen molar-refractivity contribution in [3.8, 4) is 0 Å². The minimum atomic E-state index is -2.12. The second kappa shape index (κ2) is 9.85. The van der Waals surface area contributed by atoms with E-state index in [1.165, 1.54) is 14.0 Å². The van der Waals surface area contributed by atoms with E-state index in [4.69, 9.17) is 9.47 Å². The maximum absolute atomic E-state index is 12.7. The van der Waals surface area contributed by atoms with Crippen LogP contribution in [0, 0.1) is 11.8 Å². The molecule has 0 aliphatic carbocycles. The molecule has 0 fully saturated rings. The number of carbonyl (C=O) groups excluding carboxylic acids is 2. The molecule has 1 aliphatic heterocycles. The lowest BCUT2D eigenvalue weighted by molar-refractivity contribution is -0.162. The van der Waals surface area contributed by atoms with E-state index in [2.05, 4.69) is 6.58 Å². The monoisotopic (exact) mass is 380 g/mol. The van der Waals surface area contributed by atoms with Gasteiger partial charge in [-0.1, -0.05) is 32.1 Å². The van der Waals surface area contributed by atoms with E-state index in [0.29, 0.717) is 18.6 Å². The zero-order chi connectivity index (χ0) is 20.8. The second-order valence-electron chi connectivity index (χ2n) is 7.35. The van der Waals surface area contributed by atoms with Gasteiger partial charge in [0.25, 0.3) is 0 Å². The highest BCUT2D eigenvalue weighted by Gasteiger charge is 2.42. The van der Waals surface area contributed by atoms with Crippen molar-refractivity contribution >= 4 is 11.8 Å². The molecule has 0 radical (unpaired) electrons. The number of hydrogen-bond acceptors (Lipinski definition) is 6. The van der Waals surface area contributed by atoms with Crippen molar-refractivity contribution in [3.63, 3.8) is 0 Å². The molecule has 1 heterocycles. The average molecular weight is 380 g/mol. The molecule has 6 nitrogen and oxygen atoms in total. The molecule has 4 atom stereocenters. The molecule has 2 N–H and O–H groups in total. The fraction of sp³-hybridized carbons (Fsp3) is 0.619. The summed E-state index contributed by atoms with van der Waals surface area (Å²) in [6.07, 6.45) is 4.19. The highest BCUT2D eigenvalue weighted by Crippen LogP contribution is 2.27. The number of rotatable bonds is 3. The number of esters is 1. The van der Waals surface area contributed by atoms with Crippen LogP contribution in [-0.4, -0.2) is 47.4 Å². The first-order valence-electron chi connectivity index (χ1n) is 9.26. The summed E-state index contributed by atoms with van der Waals surface area (Å²) in [7, 11) is 1.44. The van der Waals surface area contributed by atoms with Gasteiger partial charge in [-0.15, -0.1) is 0 Å². The summed E-state index contributed by atoms with van der Waals surface area (Å²) >= 11 is 0. The van der Waals surface area contributed by atoms with Crippen LogP contribution in [0.2, 0.25) is 0 Å². The lowest BCUT2D eigenvalue weighted by atomic mass is 9.86. The van der Waals surface area contributed by atoms with Gasteiger partial charge in [0.15, 0.2) is 11.4 Å². The highest BCUT2D eigenvalue weighted by molar-refractivity contribution is 6.03. The number of ether oxygens (including phenoxy) is 2.